The Morgan fingerprint density at radius 2 is 1.61 bits per heavy atom. The summed E-state index contributed by atoms with van der Waals surface area (Å²) in [4.78, 5) is 27.5. The molecule has 2 aromatic carbocycles. The maximum Gasteiger partial charge on any atom is 0.243 e. The summed E-state index contributed by atoms with van der Waals surface area (Å²) in [6.07, 6.45) is 1.05. The van der Waals surface area contributed by atoms with Crippen LogP contribution in [0.15, 0.2) is 42.5 Å². The van der Waals surface area contributed by atoms with E-state index in [4.69, 9.17) is 5.73 Å². The van der Waals surface area contributed by atoms with Crippen LogP contribution in [-0.2, 0) is 27.8 Å². The molecule has 2 amide bonds. The quantitative estimate of drug-likeness (QED) is 0.454. The first kappa shape index (κ1) is 29.3. The molecule has 0 bridgehead atoms. The van der Waals surface area contributed by atoms with Crippen molar-refractivity contribution in [3.8, 4) is 5.75 Å². The van der Waals surface area contributed by atoms with E-state index in [-0.39, 0.29) is 47.3 Å². The van der Waals surface area contributed by atoms with Gasteiger partial charge in [0.1, 0.15) is 17.6 Å². The van der Waals surface area contributed by atoms with Crippen LogP contribution in [0.25, 0.3) is 0 Å². The molecule has 6 nitrogen and oxygen atoms in total. The third-order valence-corrected chi connectivity index (χ3v) is 6.28. The lowest BCUT2D eigenvalue weighted by molar-refractivity contribution is -0.141. The van der Waals surface area contributed by atoms with Gasteiger partial charge in [-0.2, -0.15) is 0 Å². The van der Waals surface area contributed by atoms with Crippen molar-refractivity contribution < 1.29 is 19.1 Å². The second-order valence-electron chi connectivity index (χ2n) is 11.2. The molecule has 3 atom stereocenters. The highest BCUT2D eigenvalue weighted by atomic mass is 19.1. The van der Waals surface area contributed by atoms with Gasteiger partial charge in [0.25, 0.3) is 0 Å². The number of nitrogens with two attached hydrogens (primary N) is 1. The molecule has 4 N–H and O–H groups in total. The standard InChI is InChI=1S/C29H42FN3O3/c1-18(2)27(33(20(4)34)17-24(31)15-21-8-11-23(30)12-9-21)28(36)32-19(3)14-22-10-13-26(35)25(16-22)29(5,6)7/h8-13,16,18-19,24,27,35H,14-15,17,31H2,1-7H3,(H,32,36). The van der Waals surface area contributed by atoms with Crippen molar-refractivity contribution in [2.75, 3.05) is 6.54 Å². The maximum absolute atomic E-state index is 13.4. The first-order valence-electron chi connectivity index (χ1n) is 12.6. The number of benzene rings is 2. The lowest BCUT2D eigenvalue weighted by Crippen LogP contribution is -2.56. The Hall–Kier alpha value is -2.93. The average Bonchev–Trinajstić information content (AvgIpc) is 2.75. The van der Waals surface area contributed by atoms with Gasteiger partial charge < -0.3 is 21.1 Å². The highest BCUT2D eigenvalue weighted by Gasteiger charge is 2.32. The smallest absolute Gasteiger partial charge is 0.243 e. The van der Waals surface area contributed by atoms with Crippen LogP contribution >= 0.6 is 0 Å². The van der Waals surface area contributed by atoms with E-state index in [0.29, 0.717) is 12.8 Å². The zero-order valence-corrected chi connectivity index (χ0v) is 22.6. The van der Waals surface area contributed by atoms with E-state index in [0.717, 1.165) is 16.7 Å². The number of hydrogen-bond donors (Lipinski definition) is 3. The van der Waals surface area contributed by atoms with Crippen molar-refractivity contribution >= 4 is 11.8 Å². The highest BCUT2D eigenvalue weighted by molar-refractivity contribution is 5.87. The molecular weight excluding hydrogens is 457 g/mol. The number of aromatic hydroxyl groups is 1. The summed E-state index contributed by atoms with van der Waals surface area (Å²) in [5.74, 6) is -0.627. The summed E-state index contributed by atoms with van der Waals surface area (Å²) >= 11 is 0. The lowest BCUT2D eigenvalue weighted by atomic mass is 9.85. The molecule has 0 radical (unpaired) electrons. The largest absolute Gasteiger partial charge is 0.508 e. The van der Waals surface area contributed by atoms with Gasteiger partial charge in [0, 0.05) is 25.6 Å². The van der Waals surface area contributed by atoms with Crippen LogP contribution in [-0.4, -0.2) is 46.5 Å². The number of amides is 2. The Morgan fingerprint density at radius 3 is 2.14 bits per heavy atom. The van der Waals surface area contributed by atoms with Crippen molar-refractivity contribution in [3.05, 3.63) is 65.0 Å². The van der Waals surface area contributed by atoms with Crippen LogP contribution in [0.3, 0.4) is 0 Å². The van der Waals surface area contributed by atoms with Crippen molar-refractivity contribution in [1.29, 1.82) is 0 Å². The van der Waals surface area contributed by atoms with Gasteiger partial charge in [-0.15, -0.1) is 0 Å². The second-order valence-corrected chi connectivity index (χ2v) is 11.2. The number of carbonyl (C=O) groups excluding carboxylic acids is 2. The van der Waals surface area contributed by atoms with Gasteiger partial charge in [0.2, 0.25) is 11.8 Å². The van der Waals surface area contributed by atoms with Crippen molar-refractivity contribution in [1.82, 2.24) is 10.2 Å². The predicted molar refractivity (Wildman–Crippen MR) is 142 cm³/mol. The Kier molecular flexibility index (Phi) is 10.1. The monoisotopic (exact) mass is 499 g/mol. The molecule has 0 heterocycles. The van der Waals surface area contributed by atoms with Crippen LogP contribution in [0.2, 0.25) is 0 Å². The van der Waals surface area contributed by atoms with Gasteiger partial charge in [0.05, 0.1) is 0 Å². The fourth-order valence-corrected chi connectivity index (χ4v) is 4.53. The van der Waals surface area contributed by atoms with Crippen LogP contribution < -0.4 is 11.1 Å². The SMILES string of the molecule is CC(=O)N(CC(N)Cc1ccc(F)cc1)C(C(=O)NC(C)Cc1ccc(O)c(C(C)(C)C)c1)C(C)C. The van der Waals surface area contributed by atoms with E-state index >= 15 is 0 Å². The fourth-order valence-electron chi connectivity index (χ4n) is 4.53. The molecule has 0 fully saturated rings. The Morgan fingerprint density at radius 1 is 1.03 bits per heavy atom. The molecule has 36 heavy (non-hydrogen) atoms. The van der Waals surface area contributed by atoms with Crippen LogP contribution in [0, 0.1) is 11.7 Å². The molecule has 0 spiro atoms. The number of nitrogens with one attached hydrogen (secondary N) is 1. The first-order valence-corrected chi connectivity index (χ1v) is 12.6. The number of nitrogens with zero attached hydrogens (tertiary/aromatic N) is 1. The molecule has 198 valence electrons. The third-order valence-electron chi connectivity index (χ3n) is 6.28. The molecule has 0 aliphatic carbocycles. The predicted octanol–water partition coefficient (Wildman–Crippen LogP) is 4.32. The van der Waals surface area contributed by atoms with Gasteiger partial charge in [-0.05, 0) is 66.0 Å². The summed E-state index contributed by atoms with van der Waals surface area (Å²) in [6, 6.07) is 10.4. The maximum atomic E-state index is 13.4. The average molecular weight is 500 g/mol. The van der Waals surface area contributed by atoms with Gasteiger partial charge in [-0.25, -0.2) is 4.39 Å². The number of phenols is 1. The summed E-state index contributed by atoms with van der Waals surface area (Å²) in [5, 5.41) is 13.3. The Balaban J connectivity index is 2.11. The minimum absolute atomic E-state index is 0.125. The zero-order chi connectivity index (χ0) is 27.2. The van der Waals surface area contributed by atoms with E-state index in [1.54, 1.807) is 23.1 Å². The number of hydrogen-bond acceptors (Lipinski definition) is 4. The molecule has 2 aromatic rings. The van der Waals surface area contributed by atoms with E-state index in [1.165, 1.54) is 19.1 Å². The van der Waals surface area contributed by atoms with Gasteiger partial charge in [-0.3, -0.25) is 9.59 Å². The number of rotatable bonds is 10. The van der Waals surface area contributed by atoms with Crippen LogP contribution in [0.1, 0.15) is 65.2 Å². The summed E-state index contributed by atoms with van der Waals surface area (Å²) in [7, 11) is 0. The first-order chi connectivity index (χ1) is 16.7. The van der Waals surface area contributed by atoms with Crippen LogP contribution in [0.5, 0.6) is 5.75 Å². The molecule has 7 heteroatoms. The van der Waals surface area contributed by atoms with E-state index < -0.39 is 12.1 Å². The van der Waals surface area contributed by atoms with Gasteiger partial charge in [-0.1, -0.05) is 58.9 Å². The number of phenolic OH excluding ortho intramolecular Hbond substituents is 1. The Bertz CT molecular complexity index is 1030. The molecule has 3 unspecified atom stereocenters. The van der Waals surface area contributed by atoms with E-state index in [9.17, 15) is 19.1 Å². The van der Waals surface area contributed by atoms with Gasteiger partial charge >= 0.3 is 0 Å². The number of halogens is 1. The topological polar surface area (TPSA) is 95.7 Å². The number of carbonyl (C=O) groups is 2. The zero-order valence-electron chi connectivity index (χ0n) is 22.6. The molecule has 2 rings (SSSR count). The van der Waals surface area contributed by atoms with Gasteiger partial charge in [0.15, 0.2) is 0 Å². The lowest BCUT2D eigenvalue weighted by Gasteiger charge is -2.35. The van der Waals surface area contributed by atoms with E-state index in [1.807, 2.05) is 53.7 Å². The minimum Gasteiger partial charge on any atom is -0.508 e. The third kappa shape index (κ3) is 8.33. The fraction of sp³-hybridized carbons (Fsp3) is 0.517. The molecule has 0 aliphatic heterocycles. The molecule has 0 saturated heterocycles. The molecule has 0 saturated carbocycles. The molecular formula is C29H42FN3O3. The summed E-state index contributed by atoms with van der Waals surface area (Å²) in [5.41, 5.74) is 8.88. The highest BCUT2D eigenvalue weighted by Crippen LogP contribution is 2.31. The summed E-state index contributed by atoms with van der Waals surface area (Å²) in [6.45, 7) is 13.5. The van der Waals surface area contributed by atoms with Crippen molar-refractivity contribution in [2.45, 2.75) is 84.8 Å². The van der Waals surface area contributed by atoms with Crippen molar-refractivity contribution in [3.63, 3.8) is 0 Å². The molecule has 0 aromatic heterocycles. The summed E-state index contributed by atoms with van der Waals surface area (Å²) < 4.78 is 13.2. The van der Waals surface area contributed by atoms with E-state index in [2.05, 4.69) is 5.32 Å². The van der Waals surface area contributed by atoms with Crippen molar-refractivity contribution in [2.24, 2.45) is 11.7 Å². The molecule has 0 aliphatic rings. The van der Waals surface area contributed by atoms with Crippen LogP contribution in [0.4, 0.5) is 4.39 Å². The second kappa shape index (κ2) is 12.3. The normalized spacial score (nSPS) is 14.3. The minimum atomic E-state index is -0.672. The Labute approximate surface area is 215 Å².